The van der Waals surface area contributed by atoms with Crippen molar-refractivity contribution in [2.24, 2.45) is 0 Å². The van der Waals surface area contributed by atoms with Crippen LogP contribution < -0.4 is 5.32 Å². The molecule has 0 aromatic carbocycles. The number of hydrogen-bond acceptors (Lipinski definition) is 5. The third-order valence-electron chi connectivity index (χ3n) is 2.91. The van der Waals surface area contributed by atoms with Crippen LogP contribution in [0.15, 0.2) is 36.9 Å². The van der Waals surface area contributed by atoms with Gasteiger partial charge in [0.2, 0.25) is 0 Å². The van der Waals surface area contributed by atoms with Gasteiger partial charge < -0.3 is 10.1 Å². The van der Waals surface area contributed by atoms with Gasteiger partial charge in [0.25, 0.3) is 0 Å². The summed E-state index contributed by atoms with van der Waals surface area (Å²) in [6.45, 7) is 2.00. The van der Waals surface area contributed by atoms with Gasteiger partial charge in [0, 0.05) is 31.7 Å². The molecule has 3 aromatic rings. The minimum atomic E-state index is 0.749. The van der Waals surface area contributed by atoms with Gasteiger partial charge in [-0.05, 0) is 18.9 Å². The summed E-state index contributed by atoms with van der Waals surface area (Å²) < 4.78 is 6.70. The summed E-state index contributed by atoms with van der Waals surface area (Å²) in [6, 6.07) is 3.73. The maximum absolute atomic E-state index is 4.94. The van der Waals surface area contributed by atoms with Gasteiger partial charge >= 0.3 is 0 Å². The first-order valence-electron chi connectivity index (χ1n) is 6.56. The molecule has 0 aliphatic carbocycles. The molecule has 4 rings (SSSR count). The van der Waals surface area contributed by atoms with Gasteiger partial charge in [0.15, 0.2) is 5.82 Å². The quantitative estimate of drug-likeness (QED) is 0.745. The zero-order chi connectivity index (χ0) is 13.6. The number of hydrogen-bond donors (Lipinski definition) is 2. The summed E-state index contributed by atoms with van der Waals surface area (Å²) in [5, 5.41) is 13.9. The molecular weight excluding hydrogens is 256 g/mol. The van der Waals surface area contributed by atoms with Crippen LogP contribution in [0.3, 0.4) is 0 Å². The minimum absolute atomic E-state index is 0.749. The number of fused-ring (bicyclic) bond motifs is 1. The largest absolute Gasteiger partial charge is 0.381 e. The zero-order valence-corrected chi connectivity index (χ0v) is 11.0. The molecule has 104 valence electrons. The molecule has 1 saturated heterocycles. The van der Waals surface area contributed by atoms with Gasteiger partial charge in [0.05, 0.1) is 12.4 Å². The minimum Gasteiger partial charge on any atom is -0.381 e. The van der Waals surface area contributed by atoms with Gasteiger partial charge in [-0.1, -0.05) is 0 Å². The number of aromatic nitrogens is 5. The lowest BCUT2D eigenvalue weighted by atomic mass is 10.4. The van der Waals surface area contributed by atoms with Gasteiger partial charge in [-0.2, -0.15) is 10.2 Å². The Labute approximate surface area is 116 Å². The van der Waals surface area contributed by atoms with Crippen LogP contribution in [-0.2, 0) is 4.74 Å². The van der Waals surface area contributed by atoms with Gasteiger partial charge in [-0.3, -0.25) is 5.10 Å². The highest BCUT2D eigenvalue weighted by Crippen LogP contribution is 2.16. The average Bonchev–Trinajstić information content (AvgIpc) is 3.24. The SMILES string of the molecule is C1CCOC1.c1cc(Nc2nccn3nccc23)[nH]n1. The second-order valence-electron chi connectivity index (χ2n) is 4.35. The van der Waals surface area contributed by atoms with Crippen LogP contribution in [0.5, 0.6) is 0 Å². The lowest BCUT2D eigenvalue weighted by Gasteiger charge is -2.03. The number of ether oxygens (including phenoxy) is 1. The first kappa shape index (κ1) is 12.6. The Balaban J connectivity index is 0.000000205. The Morgan fingerprint density at radius 1 is 1.15 bits per heavy atom. The zero-order valence-electron chi connectivity index (χ0n) is 11.0. The predicted octanol–water partition coefficient (Wildman–Crippen LogP) is 1.99. The molecule has 7 heteroatoms. The van der Waals surface area contributed by atoms with Crippen molar-refractivity contribution in [1.29, 1.82) is 0 Å². The van der Waals surface area contributed by atoms with E-state index in [0.717, 1.165) is 30.4 Å². The summed E-state index contributed by atoms with van der Waals surface area (Å²) in [5.74, 6) is 1.55. The molecule has 2 N–H and O–H groups in total. The molecule has 1 aliphatic heterocycles. The van der Waals surface area contributed by atoms with Crippen molar-refractivity contribution in [3.8, 4) is 0 Å². The van der Waals surface area contributed by atoms with Crippen molar-refractivity contribution in [3.63, 3.8) is 0 Å². The number of nitrogens with zero attached hydrogens (tertiary/aromatic N) is 4. The molecule has 0 radical (unpaired) electrons. The first-order valence-corrected chi connectivity index (χ1v) is 6.56. The summed E-state index contributed by atoms with van der Waals surface area (Å²) in [5.41, 5.74) is 0.923. The molecule has 1 fully saturated rings. The van der Waals surface area contributed by atoms with Crippen LogP contribution in [0.4, 0.5) is 11.6 Å². The van der Waals surface area contributed by atoms with Crippen LogP contribution in [0, 0.1) is 0 Å². The lowest BCUT2D eigenvalue weighted by molar-refractivity contribution is 0.198. The van der Waals surface area contributed by atoms with Crippen molar-refractivity contribution < 1.29 is 4.74 Å². The van der Waals surface area contributed by atoms with E-state index in [1.54, 1.807) is 29.3 Å². The Morgan fingerprint density at radius 2 is 2.05 bits per heavy atom. The summed E-state index contributed by atoms with van der Waals surface area (Å²) >= 11 is 0. The molecule has 7 nitrogen and oxygen atoms in total. The number of anilines is 2. The van der Waals surface area contributed by atoms with E-state index in [0.29, 0.717) is 0 Å². The maximum atomic E-state index is 4.94. The van der Waals surface area contributed by atoms with E-state index >= 15 is 0 Å². The molecule has 0 bridgehead atoms. The molecule has 0 atom stereocenters. The fourth-order valence-electron chi connectivity index (χ4n) is 1.92. The van der Waals surface area contributed by atoms with Crippen molar-refractivity contribution in [3.05, 3.63) is 36.9 Å². The number of aromatic amines is 1. The normalized spacial score (nSPS) is 14.0. The number of nitrogens with one attached hydrogen (secondary N) is 2. The van der Waals surface area contributed by atoms with Crippen molar-refractivity contribution in [1.82, 2.24) is 24.8 Å². The van der Waals surface area contributed by atoms with Crippen LogP contribution in [0.25, 0.3) is 5.52 Å². The third-order valence-corrected chi connectivity index (χ3v) is 2.91. The fraction of sp³-hybridized carbons (Fsp3) is 0.308. The Bertz CT molecular complexity index is 636. The van der Waals surface area contributed by atoms with Crippen molar-refractivity contribution >= 4 is 17.2 Å². The van der Waals surface area contributed by atoms with Crippen molar-refractivity contribution in [2.45, 2.75) is 12.8 Å². The van der Waals surface area contributed by atoms with E-state index in [1.165, 1.54) is 12.8 Å². The molecular formula is C13H16N6O. The van der Waals surface area contributed by atoms with Crippen LogP contribution in [0.1, 0.15) is 12.8 Å². The predicted molar refractivity (Wildman–Crippen MR) is 74.9 cm³/mol. The van der Waals surface area contributed by atoms with Gasteiger partial charge in [0.1, 0.15) is 11.3 Å². The van der Waals surface area contributed by atoms with E-state index in [-0.39, 0.29) is 0 Å². The third kappa shape index (κ3) is 2.94. The Hall–Kier alpha value is -2.41. The van der Waals surface area contributed by atoms with E-state index in [4.69, 9.17) is 4.74 Å². The topological polar surface area (TPSA) is 80.1 Å². The second-order valence-corrected chi connectivity index (χ2v) is 4.35. The molecule has 0 spiro atoms. The molecule has 0 saturated carbocycles. The molecule has 4 heterocycles. The number of rotatable bonds is 2. The molecule has 0 unspecified atom stereocenters. The molecule has 0 amide bonds. The average molecular weight is 272 g/mol. The van der Waals surface area contributed by atoms with Crippen molar-refractivity contribution in [2.75, 3.05) is 18.5 Å². The van der Waals surface area contributed by atoms with Gasteiger partial charge in [-0.25, -0.2) is 9.50 Å². The smallest absolute Gasteiger partial charge is 0.157 e. The van der Waals surface area contributed by atoms with Gasteiger partial charge in [-0.15, -0.1) is 0 Å². The fourth-order valence-corrected chi connectivity index (χ4v) is 1.92. The summed E-state index contributed by atoms with van der Waals surface area (Å²) in [6.07, 6.45) is 9.46. The van der Waals surface area contributed by atoms with E-state index in [1.807, 2.05) is 12.1 Å². The highest BCUT2D eigenvalue weighted by atomic mass is 16.5. The van der Waals surface area contributed by atoms with E-state index in [9.17, 15) is 0 Å². The Morgan fingerprint density at radius 3 is 2.75 bits per heavy atom. The second kappa shape index (κ2) is 6.16. The van der Waals surface area contributed by atoms with Crippen LogP contribution in [0.2, 0.25) is 0 Å². The first-order chi connectivity index (χ1) is 9.93. The van der Waals surface area contributed by atoms with E-state index in [2.05, 4.69) is 25.6 Å². The lowest BCUT2D eigenvalue weighted by Crippen LogP contribution is -1.97. The monoisotopic (exact) mass is 272 g/mol. The summed E-state index contributed by atoms with van der Waals surface area (Å²) in [4.78, 5) is 4.23. The summed E-state index contributed by atoms with van der Waals surface area (Å²) in [7, 11) is 0. The maximum Gasteiger partial charge on any atom is 0.157 e. The van der Waals surface area contributed by atoms with E-state index < -0.39 is 0 Å². The Kier molecular flexibility index (Phi) is 3.88. The molecule has 1 aliphatic rings. The van der Waals surface area contributed by atoms with Crippen LogP contribution >= 0.6 is 0 Å². The van der Waals surface area contributed by atoms with Crippen LogP contribution in [-0.4, -0.2) is 38.0 Å². The highest BCUT2D eigenvalue weighted by molar-refractivity contribution is 5.71. The molecule has 3 aromatic heterocycles. The standard InChI is InChI=1S/C9H8N6.C4H8O/c1-4-12-15-6-5-10-9(7(1)15)13-8-2-3-11-14-8;1-2-4-5-3-1/h1-6H,(H2,10,11,13,14);1-4H2. The molecule has 20 heavy (non-hydrogen) atoms. The number of H-pyrrole nitrogens is 1. The highest BCUT2D eigenvalue weighted by Gasteiger charge is 2.03.